The van der Waals surface area contributed by atoms with E-state index in [0.717, 1.165) is 19.3 Å². The first-order valence-electron chi connectivity index (χ1n) is 9.76. The number of benzene rings is 1. The highest BCUT2D eigenvalue weighted by Gasteiger charge is 2.32. The number of rotatable bonds is 3. The number of hydrogen-bond acceptors (Lipinski definition) is 4. The number of thiazole rings is 1. The molecule has 0 radical (unpaired) electrons. The Morgan fingerprint density at radius 3 is 2.54 bits per heavy atom. The molecule has 2 aliphatic rings. The molecule has 0 saturated carbocycles. The van der Waals surface area contributed by atoms with Gasteiger partial charge in [0.1, 0.15) is 0 Å². The molecule has 8 heteroatoms. The third kappa shape index (κ3) is 3.86. The summed E-state index contributed by atoms with van der Waals surface area (Å²) in [6.07, 6.45) is 7.18. The second kappa shape index (κ2) is 7.93. The first-order valence-corrected chi connectivity index (χ1v) is 12.1. The van der Waals surface area contributed by atoms with Gasteiger partial charge in [0.2, 0.25) is 10.0 Å². The maximum absolute atomic E-state index is 13.1. The number of carbonyl (C=O) groups is 1. The van der Waals surface area contributed by atoms with Crippen LogP contribution in [0.1, 0.15) is 36.8 Å². The summed E-state index contributed by atoms with van der Waals surface area (Å²) in [7, 11) is -1.65. The molecule has 1 aliphatic heterocycles. The van der Waals surface area contributed by atoms with Gasteiger partial charge < -0.3 is 4.57 Å². The summed E-state index contributed by atoms with van der Waals surface area (Å²) in [6, 6.07) is 5.56. The summed E-state index contributed by atoms with van der Waals surface area (Å²) >= 11 is 1.42. The minimum absolute atomic E-state index is 0.149. The zero-order valence-corrected chi connectivity index (χ0v) is 17.6. The Morgan fingerprint density at radius 1 is 1.14 bits per heavy atom. The average molecular weight is 420 g/mol. The molecular weight excluding hydrogens is 394 g/mol. The van der Waals surface area contributed by atoms with Crippen molar-refractivity contribution < 1.29 is 13.2 Å². The molecule has 1 aliphatic carbocycles. The molecule has 0 N–H and O–H groups in total. The molecule has 150 valence electrons. The maximum atomic E-state index is 13.1. The van der Waals surface area contributed by atoms with E-state index in [0.29, 0.717) is 35.6 Å². The molecule has 1 aromatic heterocycles. The van der Waals surface area contributed by atoms with Crippen molar-refractivity contribution in [1.29, 1.82) is 0 Å². The largest absolute Gasteiger partial charge is 0.327 e. The van der Waals surface area contributed by atoms with Crippen molar-refractivity contribution in [2.24, 2.45) is 18.0 Å². The fourth-order valence-corrected chi connectivity index (χ4v) is 6.24. The van der Waals surface area contributed by atoms with E-state index in [1.54, 1.807) is 6.07 Å². The number of fused-ring (bicyclic) bond motifs is 1. The lowest BCUT2D eigenvalue weighted by Crippen LogP contribution is -2.40. The lowest BCUT2D eigenvalue weighted by molar-refractivity contribution is -0.122. The van der Waals surface area contributed by atoms with Crippen molar-refractivity contribution in [3.05, 3.63) is 45.7 Å². The molecule has 2 aromatic rings. The average Bonchev–Trinajstić information content (AvgIpc) is 3.12. The fourth-order valence-electron chi connectivity index (χ4n) is 3.98. The van der Waals surface area contributed by atoms with Crippen LogP contribution in [0.3, 0.4) is 0 Å². The van der Waals surface area contributed by atoms with Crippen LogP contribution in [0.25, 0.3) is 0 Å². The number of hydrogen-bond donors (Lipinski definition) is 0. The van der Waals surface area contributed by atoms with E-state index in [9.17, 15) is 13.2 Å². The number of amides is 1. The van der Waals surface area contributed by atoms with Crippen LogP contribution in [-0.4, -0.2) is 36.3 Å². The van der Waals surface area contributed by atoms with E-state index in [-0.39, 0.29) is 11.8 Å². The van der Waals surface area contributed by atoms with E-state index >= 15 is 0 Å². The van der Waals surface area contributed by atoms with Gasteiger partial charge in [-0.2, -0.15) is 9.30 Å². The predicted molar refractivity (Wildman–Crippen MR) is 108 cm³/mol. The Hall–Kier alpha value is -1.77. The van der Waals surface area contributed by atoms with E-state index in [4.69, 9.17) is 0 Å². The van der Waals surface area contributed by atoms with Crippen LogP contribution in [0.2, 0.25) is 0 Å². The highest BCUT2D eigenvalue weighted by atomic mass is 32.2. The van der Waals surface area contributed by atoms with Gasteiger partial charge in [0.15, 0.2) is 4.80 Å². The fraction of sp³-hybridized carbons (Fsp3) is 0.500. The first kappa shape index (κ1) is 19.5. The zero-order chi connectivity index (χ0) is 19.7. The van der Waals surface area contributed by atoms with E-state index < -0.39 is 10.0 Å². The second-order valence-corrected chi connectivity index (χ2v) is 10.4. The number of aromatic nitrogens is 1. The summed E-state index contributed by atoms with van der Waals surface area (Å²) < 4.78 is 29.5. The van der Waals surface area contributed by atoms with Gasteiger partial charge in [-0.15, -0.1) is 11.3 Å². The first-order chi connectivity index (χ1) is 13.4. The number of piperidine rings is 1. The SMILES string of the molecule is Cn1ccsc1=NC(=O)C1CCN(S(=O)(=O)c2ccc3c(c2)CCCC3)CC1. The van der Waals surface area contributed by atoms with Gasteiger partial charge in [0.25, 0.3) is 5.91 Å². The van der Waals surface area contributed by atoms with Crippen molar-refractivity contribution in [3.63, 3.8) is 0 Å². The Kier molecular flexibility index (Phi) is 5.53. The third-order valence-electron chi connectivity index (χ3n) is 5.73. The van der Waals surface area contributed by atoms with E-state index in [1.165, 1.54) is 33.2 Å². The molecule has 0 bridgehead atoms. The molecule has 2 heterocycles. The minimum atomic E-state index is -3.51. The van der Waals surface area contributed by atoms with Gasteiger partial charge in [-0.25, -0.2) is 8.42 Å². The summed E-state index contributed by atoms with van der Waals surface area (Å²) in [5, 5.41) is 1.89. The Balaban J connectivity index is 1.46. The Morgan fingerprint density at radius 2 is 1.86 bits per heavy atom. The molecule has 0 atom stereocenters. The topological polar surface area (TPSA) is 71.7 Å². The van der Waals surface area contributed by atoms with Gasteiger partial charge in [-0.1, -0.05) is 6.07 Å². The van der Waals surface area contributed by atoms with Crippen LogP contribution >= 0.6 is 11.3 Å². The third-order valence-corrected chi connectivity index (χ3v) is 8.47. The summed E-state index contributed by atoms with van der Waals surface area (Å²) in [4.78, 5) is 17.7. The standard InChI is InChI=1S/C20H25N3O3S2/c1-22-12-13-27-20(22)21-19(24)16-8-10-23(11-9-16)28(25,26)18-7-6-15-4-2-3-5-17(15)14-18/h6-7,12-14,16H,2-5,8-11H2,1H3. The number of sulfonamides is 1. The number of nitrogens with zero attached hydrogens (tertiary/aromatic N) is 3. The van der Waals surface area contributed by atoms with Crippen molar-refractivity contribution in [3.8, 4) is 0 Å². The molecule has 28 heavy (non-hydrogen) atoms. The lowest BCUT2D eigenvalue weighted by Gasteiger charge is -2.30. The van der Waals surface area contributed by atoms with Crippen molar-refractivity contribution >= 4 is 27.3 Å². The van der Waals surface area contributed by atoms with Crippen molar-refractivity contribution in [1.82, 2.24) is 8.87 Å². The number of aryl methyl sites for hydroxylation is 3. The van der Waals surface area contributed by atoms with Gasteiger partial charge in [-0.3, -0.25) is 4.79 Å². The smallest absolute Gasteiger partial charge is 0.251 e. The molecule has 6 nitrogen and oxygen atoms in total. The quantitative estimate of drug-likeness (QED) is 0.767. The van der Waals surface area contributed by atoms with E-state index in [2.05, 4.69) is 4.99 Å². The van der Waals surface area contributed by atoms with Crippen LogP contribution in [-0.2, 0) is 34.7 Å². The van der Waals surface area contributed by atoms with Gasteiger partial charge in [0.05, 0.1) is 4.90 Å². The highest BCUT2D eigenvalue weighted by Crippen LogP contribution is 2.28. The molecular formula is C20H25N3O3S2. The maximum Gasteiger partial charge on any atom is 0.251 e. The molecule has 0 unspecified atom stereocenters. The van der Waals surface area contributed by atoms with Gasteiger partial charge in [-0.05, 0) is 61.8 Å². The molecule has 1 aromatic carbocycles. The van der Waals surface area contributed by atoms with E-state index in [1.807, 2.05) is 35.3 Å². The van der Waals surface area contributed by atoms with Gasteiger partial charge in [0, 0.05) is 37.6 Å². The van der Waals surface area contributed by atoms with Gasteiger partial charge >= 0.3 is 0 Å². The molecule has 4 rings (SSSR count). The predicted octanol–water partition coefficient (Wildman–Crippen LogP) is 2.49. The summed E-state index contributed by atoms with van der Waals surface area (Å²) in [5.74, 6) is -0.360. The normalized spacial score (nSPS) is 19.5. The molecule has 1 amide bonds. The van der Waals surface area contributed by atoms with Crippen LogP contribution in [0.15, 0.2) is 39.7 Å². The lowest BCUT2D eigenvalue weighted by atomic mass is 9.92. The number of carbonyl (C=O) groups excluding carboxylic acids is 1. The molecule has 0 spiro atoms. The Labute approximate surface area is 169 Å². The van der Waals surface area contributed by atoms with Crippen LogP contribution in [0, 0.1) is 5.92 Å². The minimum Gasteiger partial charge on any atom is -0.327 e. The molecule has 1 saturated heterocycles. The zero-order valence-electron chi connectivity index (χ0n) is 16.0. The van der Waals surface area contributed by atoms with Crippen LogP contribution < -0.4 is 4.80 Å². The van der Waals surface area contributed by atoms with Crippen LogP contribution in [0.5, 0.6) is 0 Å². The van der Waals surface area contributed by atoms with Crippen LogP contribution in [0.4, 0.5) is 0 Å². The monoisotopic (exact) mass is 419 g/mol. The highest BCUT2D eigenvalue weighted by molar-refractivity contribution is 7.89. The second-order valence-electron chi connectivity index (χ2n) is 7.56. The summed E-state index contributed by atoms with van der Waals surface area (Å²) in [5.41, 5.74) is 2.44. The van der Waals surface area contributed by atoms with Crippen molar-refractivity contribution in [2.75, 3.05) is 13.1 Å². The van der Waals surface area contributed by atoms with Crippen molar-refractivity contribution in [2.45, 2.75) is 43.4 Å². The Bertz CT molecular complexity index is 1040. The molecule has 1 fully saturated rings. The summed E-state index contributed by atoms with van der Waals surface area (Å²) in [6.45, 7) is 0.726.